The number of hydrogen-bond acceptors (Lipinski definition) is 1. The van der Waals surface area contributed by atoms with Gasteiger partial charge >= 0.3 is 0 Å². The van der Waals surface area contributed by atoms with Gasteiger partial charge in [-0.2, -0.15) is 0 Å². The Bertz CT molecular complexity index is 2800. The van der Waals surface area contributed by atoms with E-state index in [0.29, 0.717) is 0 Å². The van der Waals surface area contributed by atoms with Crippen molar-refractivity contribution < 1.29 is 0 Å². The monoisotopic (exact) mass is 637 g/mol. The average Bonchev–Trinajstić information content (AvgIpc) is 3.40. The zero-order chi connectivity index (χ0) is 33.4. The van der Waals surface area contributed by atoms with Gasteiger partial charge in [-0.15, -0.1) is 0 Å². The van der Waals surface area contributed by atoms with Crippen LogP contribution in [0.25, 0.3) is 65.3 Å². The molecule has 10 rings (SSSR count). The Kier molecular flexibility index (Phi) is 6.29. The number of fused-ring (bicyclic) bond motifs is 9. The molecule has 0 fully saturated rings. The molecular formula is C49H35N. The molecular weight excluding hydrogens is 603 g/mol. The van der Waals surface area contributed by atoms with E-state index in [4.69, 9.17) is 0 Å². The van der Waals surface area contributed by atoms with Crippen molar-refractivity contribution in [2.24, 2.45) is 0 Å². The molecule has 0 spiro atoms. The molecule has 0 saturated heterocycles. The van der Waals surface area contributed by atoms with Crippen LogP contribution in [0.5, 0.6) is 0 Å². The zero-order valence-electron chi connectivity index (χ0n) is 28.2. The second kappa shape index (κ2) is 10.9. The molecule has 0 atom stereocenters. The molecule has 1 aliphatic rings. The van der Waals surface area contributed by atoms with Gasteiger partial charge in [0, 0.05) is 22.2 Å². The van der Waals surface area contributed by atoms with Gasteiger partial charge in [0.2, 0.25) is 0 Å². The Labute approximate surface area is 292 Å². The van der Waals surface area contributed by atoms with Gasteiger partial charge in [-0.3, -0.25) is 0 Å². The first-order valence-electron chi connectivity index (χ1n) is 17.5. The highest BCUT2D eigenvalue weighted by molar-refractivity contribution is 6.21. The molecule has 9 aromatic carbocycles. The van der Waals surface area contributed by atoms with Crippen molar-refractivity contribution >= 4 is 60.2 Å². The van der Waals surface area contributed by atoms with E-state index in [9.17, 15) is 0 Å². The first-order chi connectivity index (χ1) is 24.5. The van der Waals surface area contributed by atoms with Crippen molar-refractivity contribution in [2.75, 3.05) is 4.90 Å². The van der Waals surface area contributed by atoms with Crippen LogP contribution in [0.1, 0.15) is 25.0 Å². The summed E-state index contributed by atoms with van der Waals surface area (Å²) in [6.07, 6.45) is 0. The van der Waals surface area contributed by atoms with Gasteiger partial charge in [-0.1, -0.05) is 153 Å². The minimum absolute atomic E-state index is 0.0557. The lowest BCUT2D eigenvalue weighted by Crippen LogP contribution is -2.15. The molecule has 0 aromatic heterocycles. The maximum absolute atomic E-state index is 2.49. The molecule has 236 valence electrons. The maximum Gasteiger partial charge on any atom is 0.0546 e. The molecule has 0 bridgehead atoms. The summed E-state index contributed by atoms with van der Waals surface area (Å²) in [7, 11) is 0. The highest BCUT2D eigenvalue weighted by Crippen LogP contribution is 2.51. The Morgan fingerprint density at radius 1 is 0.360 bits per heavy atom. The fraction of sp³-hybridized carbons (Fsp3) is 0.0612. The molecule has 1 heteroatoms. The molecule has 0 N–H and O–H groups in total. The summed E-state index contributed by atoms with van der Waals surface area (Å²) in [5.74, 6) is 0. The third-order valence-electron chi connectivity index (χ3n) is 11.0. The van der Waals surface area contributed by atoms with E-state index in [1.807, 2.05) is 0 Å². The Morgan fingerprint density at radius 2 is 1.00 bits per heavy atom. The third kappa shape index (κ3) is 4.33. The molecule has 9 aromatic rings. The Hall–Kier alpha value is -6.18. The van der Waals surface area contributed by atoms with Crippen LogP contribution < -0.4 is 4.90 Å². The van der Waals surface area contributed by atoms with Crippen LogP contribution in [0.4, 0.5) is 17.1 Å². The standard InChI is InChI=1S/C49H35N/c1-49(2)46-21-10-9-19-42(46)45-30-38(25-27-47(45)49)50(37-16-11-15-35(29-37)36-23-22-32-12-3-4-14-34(32)28-36)48-31-44-39-17-6-5-13-33(39)24-26-41(44)40-18-7-8-20-43(40)48/h3-31H,1-2H3. The molecule has 0 saturated carbocycles. The largest absolute Gasteiger partial charge is 0.310 e. The SMILES string of the molecule is CC1(C)c2ccccc2-c2cc(N(c3cccc(-c4ccc5ccccc5c4)c3)c3cc4c5ccccc5ccc4c4ccccc34)ccc21. The normalized spacial score (nSPS) is 13.2. The zero-order valence-corrected chi connectivity index (χ0v) is 28.2. The maximum atomic E-state index is 2.49. The second-order valence-electron chi connectivity index (χ2n) is 14.2. The van der Waals surface area contributed by atoms with Gasteiger partial charge in [0.05, 0.1) is 5.69 Å². The summed E-state index contributed by atoms with van der Waals surface area (Å²) in [4.78, 5) is 2.49. The van der Waals surface area contributed by atoms with Gasteiger partial charge in [0.15, 0.2) is 0 Å². The van der Waals surface area contributed by atoms with Crippen LogP contribution in [0, 0.1) is 0 Å². The lowest BCUT2D eigenvalue weighted by molar-refractivity contribution is 0.660. The fourth-order valence-electron chi connectivity index (χ4n) is 8.49. The lowest BCUT2D eigenvalue weighted by atomic mass is 9.82. The molecule has 1 nitrogen and oxygen atoms in total. The minimum Gasteiger partial charge on any atom is -0.310 e. The first-order valence-corrected chi connectivity index (χ1v) is 17.5. The van der Waals surface area contributed by atoms with Crippen molar-refractivity contribution in [3.05, 3.63) is 187 Å². The molecule has 0 radical (unpaired) electrons. The minimum atomic E-state index is -0.0557. The molecule has 0 unspecified atom stereocenters. The number of hydrogen-bond donors (Lipinski definition) is 0. The molecule has 0 heterocycles. The molecule has 0 aliphatic heterocycles. The number of anilines is 3. The summed E-state index contributed by atoms with van der Waals surface area (Å²) >= 11 is 0. The average molecular weight is 638 g/mol. The van der Waals surface area contributed by atoms with Crippen molar-refractivity contribution in [2.45, 2.75) is 19.3 Å². The summed E-state index contributed by atoms with van der Waals surface area (Å²) in [6.45, 7) is 4.70. The molecule has 0 amide bonds. The predicted octanol–water partition coefficient (Wildman–Crippen LogP) is 13.7. The van der Waals surface area contributed by atoms with Crippen molar-refractivity contribution in [3.8, 4) is 22.3 Å². The van der Waals surface area contributed by atoms with Crippen molar-refractivity contribution in [3.63, 3.8) is 0 Å². The van der Waals surface area contributed by atoms with E-state index in [-0.39, 0.29) is 5.41 Å². The highest BCUT2D eigenvalue weighted by Gasteiger charge is 2.35. The van der Waals surface area contributed by atoms with Gasteiger partial charge < -0.3 is 4.90 Å². The second-order valence-corrected chi connectivity index (χ2v) is 14.2. The van der Waals surface area contributed by atoms with Crippen LogP contribution >= 0.6 is 0 Å². The van der Waals surface area contributed by atoms with Gasteiger partial charge in [-0.25, -0.2) is 0 Å². The van der Waals surface area contributed by atoms with Gasteiger partial charge in [0.25, 0.3) is 0 Å². The van der Waals surface area contributed by atoms with E-state index < -0.39 is 0 Å². The van der Waals surface area contributed by atoms with Crippen LogP contribution in [0.15, 0.2) is 176 Å². The van der Waals surface area contributed by atoms with E-state index in [1.165, 1.54) is 82.2 Å². The predicted molar refractivity (Wildman–Crippen MR) is 214 cm³/mol. The number of nitrogens with zero attached hydrogens (tertiary/aromatic N) is 1. The van der Waals surface area contributed by atoms with Gasteiger partial charge in [-0.05, 0) is 107 Å². The highest BCUT2D eigenvalue weighted by atomic mass is 15.1. The van der Waals surface area contributed by atoms with E-state index in [1.54, 1.807) is 0 Å². The van der Waals surface area contributed by atoms with Crippen LogP contribution in [-0.4, -0.2) is 0 Å². The number of benzene rings is 9. The fourth-order valence-corrected chi connectivity index (χ4v) is 8.49. The van der Waals surface area contributed by atoms with E-state index >= 15 is 0 Å². The quantitative estimate of drug-likeness (QED) is 0.174. The molecule has 50 heavy (non-hydrogen) atoms. The molecule has 1 aliphatic carbocycles. The smallest absolute Gasteiger partial charge is 0.0546 e. The summed E-state index contributed by atoms with van der Waals surface area (Å²) < 4.78 is 0. The third-order valence-corrected chi connectivity index (χ3v) is 11.0. The van der Waals surface area contributed by atoms with E-state index in [2.05, 4.69) is 195 Å². The summed E-state index contributed by atoms with van der Waals surface area (Å²) in [6, 6.07) is 65.1. The topological polar surface area (TPSA) is 3.24 Å². The first kappa shape index (κ1) is 28.8. The van der Waals surface area contributed by atoms with Crippen molar-refractivity contribution in [1.29, 1.82) is 0 Å². The summed E-state index contributed by atoms with van der Waals surface area (Å²) in [5, 5.41) is 10.1. The van der Waals surface area contributed by atoms with E-state index in [0.717, 1.165) is 11.4 Å². The van der Waals surface area contributed by atoms with Crippen LogP contribution in [0.2, 0.25) is 0 Å². The lowest BCUT2D eigenvalue weighted by Gasteiger charge is -2.29. The summed E-state index contributed by atoms with van der Waals surface area (Å²) in [5.41, 5.74) is 11.2. The Morgan fingerprint density at radius 3 is 1.88 bits per heavy atom. The Balaban J connectivity index is 1.26. The van der Waals surface area contributed by atoms with Crippen LogP contribution in [0.3, 0.4) is 0 Å². The van der Waals surface area contributed by atoms with Crippen molar-refractivity contribution in [1.82, 2.24) is 0 Å². The number of rotatable bonds is 4. The van der Waals surface area contributed by atoms with Gasteiger partial charge in [0.1, 0.15) is 0 Å². The van der Waals surface area contributed by atoms with Crippen LogP contribution in [-0.2, 0) is 5.41 Å².